The van der Waals surface area contributed by atoms with Crippen LogP contribution in [0.3, 0.4) is 0 Å². The molecule has 12 heteroatoms. The van der Waals surface area contributed by atoms with Crippen molar-refractivity contribution in [2.75, 3.05) is 17.8 Å². The molecule has 2 heterocycles. The van der Waals surface area contributed by atoms with Crippen LogP contribution in [0.15, 0.2) is 29.4 Å². The lowest BCUT2D eigenvalue weighted by Crippen LogP contribution is -2.45. The van der Waals surface area contributed by atoms with E-state index in [9.17, 15) is 27.1 Å². The molecule has 1 saturated heterocycles. The molecule has 1 fully saturated rings. The summed E-state index contributed by atoms with van der Waals surface area (Å²) in [6.07, 6.45) is 0.305. The maximum Gasteiger partial charge on any atom is 0.302 e. The van der Waals surface area contributed by atoms with Gasteiger partial charge in [-0.3, -0.25) is 4.72 Å². The van der Waals surface area contributed by atoms with E-state index in [-0.39, 0.29) is 35.1 Å². The number of aryl methyl sites for hydroxylation is 1. The molecule has 0 bridgehead atoms. The van der Waals surface area contributed by atoms with Crippen LogP contribution in [0.1, 0.15) is 24.1 Å². The first kappa shape index (κ1) is 22.5. The van der Waals surface area contributed by atoms with Crippen molar-refractivity contribution in [1.82, 2.24) is 14.3 Å². The first-order chi connectivity index (χ1) is 14.3. The molecular formula is C18H20F2N4O4S2. The molecule has 30 heavy (non-hydrogen) atoms. The number of aldehydes is 1. The van der Waals surface area contributed by atoms with Gasteiger partial charge < -0.3 is 9.90 Å². The van der Waals surface area contributed by atoms with Crippen molar-refractivity contribution in [2.24, 2.45) is 0 Å². The lowest BCUT2D eigenvalue weighted by molar-refractivity contribution is -0.115. The molecule has 0 saturated carbocycles. The van der Waals surface area contributed by atoms with Gasteiger partial charge in [-0.05, 0) is 25.3 Å². The number of aromatic nitrogens is 2. The summed E-state index contributed by atoms with van der Waals surface area (Å²) in [7, 11) is -3.76. The van der Waals surface area contributed by atoms with Gasteiger partial charge in [-0.2, -0.15) is 12.7 Å². The van der Waals surface area contributed by atoms with Crippen molar-refractivity contribution in [2.45, 2.75) is 36.3 Å². The summed E-state index contributed by atoms with van der Waals surface area (Å²) in [6, 6.07) is 5.26. The SMILES string of the molecule is O=CC(O)CCc1cc(NS(=O)(=O)N2CCC2)nc(SCc2cccc(F)c2F)n1. The molecule has 0 spiro atoms. The molecule has 0 aliphatic carbocycles. The van der Waals surface area contributed by atoms with Gasteiger partial charge in [0.15, 0.2) is 16.8 Å². The van der Waals surface area contributed by atoms with E-state index in [1.165, 1.54) is 22.5 Å². The number of aliphatic hydroxyl groups is 1. The van der Waals surface area contributed by atoms with Crippen LogP contribution in [0.5, 0.6) is 0 Å². The van der Waals surface area contributed by atoms with Crippen molar-refractivity contribution >= 4 is 34.1 Å². The third kappa shape index (κ3) is 5.72. The zero-order chi connectivity index (χ0) is 21.7. The molecule has 1 unspecified atom stereocenters. The highest BCUT2D eigenvalue weighted by molar-refractivity contribution is 7.98. The summed E-state index contributed by atoms with van der Waals surface area (Å²) < 4.78 is 55.6. The first-order valence-electron chi connectivity index (χ1n) is 9.13. The number of hydrogen-bond acceptors (Lipinski definition) is 7. The number of hydrogen-bond donors (Lipinski definition) is 2. The predicted octanol–water partition coefficient (Wildman–Crippen LogP) is 1.90. The summed E-state index contributed by atoms with van der Waals surface area (Å²) in [5.74, 6) is -1.88. The lowest BCUT2D eigenvalue weighted by atomic mass is 10.1. The second-order valence-corrected chi connectivity index (χ2v) is 9.24. The highest BCUT2D eigenvalue weighted by Crippen LogP contribution is 2.25. The molecule has 1 aromatic carbocycles. The zero-order valence-electron chi connectivity index (χ0n) is 15.8. The monoisotopic (exact) mass is 458 g/mol. The molecule has 0 amide bonds. The number of benzene rings is 1. The van der Waals surface area contributed by atoms with Crippen molar-refractivity contribution < 1.29 is 27.1 Å². The number of nitrogens with one attached hydrogen (secondary N) is 1. The quantitative estimate of drug-likeness (QED) is 0.318. The average Bonchev–Trinajstić information content (AvgIpc) is 2.65. The summed E-state index contributed by atoms with van der Waals surface area (Å²) in [5, 5.41) is 9.60. The van der Waals surface area contributed by atoms with Gasteiger partial charge in [0.25, 0.3) is 0 Å². The van der Waals surface area contributed by atoms with Gasteiger partial charge in [-0.1, -0.05) is 23.9 Å². The molecule has 2 N–H and O–H groups in total. The van der Waals surface area contributed by atoms with Gasteiger partial charge >= 0.3 is 10.2 Å². The van der Waals surface area contributed by atoms with Gasteiger partial charge in [0.2, 0.25) is 0 Å². The smallest absolute Gasteiger partial charge is 0.302 e. The summed E-state index contributed by atoms with van der Waals surface area (Å²) in [6.45, 7) is 0.832. The third-order valence-electron chi connectivity index (χ3n) is 4.39. The number of halogens is 2. The van der Waals surface area contributed by atoms with E-state index in [1.54, 1.807) is 0 Å². The predicted molar refractivity (Wildman–Crippen MR) is 107 cm³/mol. The van der Waals surface area contributed by atoms with Crippen LogP contribution in [-0.4, -0.2) is 53.3 Å². The van der Waals surface area contributed by atoms with Crippen molar-refractivity contribution in [3.05, 3.63) is 47.2 Å². The molecule has 1 atom stereocenters. The minimum atomic E-state index is -3.76. The number of nitrogens with zero attached hydrogens (tertiary/aromatic N) is 3. The Morgan fingerprint density at radius 3 is 2.73 bits per heavy atom. The summed E-state index contributed by atoms with van der Waals surface area (Å²) in [4.78, 5) is 19.1. The van der Waals surface area contributed by atoms with Gasteiger partial charge in [0.05, 0.1) is 0 Å². The van der Waals surface area contributed by atoms with Crippen molar-refractivity contribution in [1.29, 1.82) is 0 Å². The second kappa shape index (κ2) is 9.77. The topological polar surface area (TPSA) is 112 Å². The van der Waals surface area contributed by atoms with Gasteiger partial charge in [-0.15, -0.1) is 0 Å². The molecule has 8 nitrogen and oxygen atoms in total. The number of anilines is 1. The Morgan fingerprint density at radius 2 is 2.07 bits per heavy atom. The Labute approximate surface area is 176 Å². The zero-order valence-corrected chi connectivity index (χ0v) is 17.4. The molecule has 1 aliphatic rings. The van der Waals surface area contributed by atoms with E-state index < -0.39 is 27.9 Å². The minimum absolute atomic E-state index is 0.0229. The summed E-state index contributed by atoms with van der Waals surface area (Å²) >= 11 is 1.01. The molecule has 3 rings (SSSR count). The Bertz CT molecular complexity index is 1020. The number of thioether (sulfide) groups is 1. The van der Waals surface area contributed by atoms with Crippen molar-refractivity contribution in [3.8, 4) is 0 Å². The Hall–Kier alpha value is -2.15. The largest absolute Gasteiger partial charge is 0.386 e. The van der Waals surface area contributed by atoms with E-state index in [0.717, 1.165) is 24.2 Å². The Morgan fingerprint density at radius 1 is 1.30 bits per heavy atom. The van der Waals surface area contributed by atoms with E-state index >= 15 is 0 Å². The highest BCUT2D eigenvalue weighted by atomic mass is 32.2. The van der Waals surface area contributed by atoms with Crippen LogP contribution in [0.25, 0.3) is 0 Å². The van der Waals surface area contributed by atoms with Crippen LogP contribution < -0.4 is 4.72 Å². The van der Waals surface area contributed by atoms with E-state index in [2.05, 4.69) is 14.7 Å². The first-order valence-corrected chi connectivity index (χ1v) is 11.6. The number of carbonyl (C=O) groups is 1. The van der Waals surface area contributed by atoms with Gasteiger partial charge in [0, 0.05) is 36.2 Å². The molecule has 162 valence electrons. The number of carbonyl (C=O) groups excluding carboxylic acids is 1. The Kier molecular flexibility index (Phi) is 7.34. The fraction of sp³-hybridized carbons (Fsp3) is 0.389. The van der Waals surface area contributed by atoms with Crippen LogP contribution in [0, 0.1) is 11.6 Å². The fourth-order valence-corrected chi connectivity index (χ4v) is 4.70. The van der Waals surface area contributed by atoms with Crippen LogP contribution >= 0.6 is 11.8 Å². The van der Waals surface area contributed by atoms with E-state index in [4.69, 9.17) is 0 Å². The van der Waals surface area contributed by atoms with Gasteiger partial charge in [0.1, 0.15) is 18.2 Å². The molecule has 2 aromatic rings. The standard InChI is InChI=1S/C18H20F2N4O4S2/c19-15-4-1-3-12(17(15)20)11-29-18-21-13(5-6-14(26)10-25)9-16(22-18)23-30(27,28)24-7-2-8-24/h1,3-4,9-10,14,26H,2,5-8,11H2,(H,21,22,23). The van der Waals surface area contributed by atoms with Gasteiger partial charge in [-0.25, -0.2) is 18.7 Å². The van der Waals surface area contributed by atoms with Crippen LogP contribution in [-0.2, 0) is 27.2 Å². The molecule has 0 radical (unpaired) electrons. The van der Waals surface area contributed by atoms with Crippen LogP contribution in [0.4, 0.5) is 14.6 Å². The molecular weight excluding hydrogens is 438 g/mol. The Balaban J connectivity index is 1.81. The maximum atomic E-state index is 13.9. The number of aliphatic hydroxyl groups excluding tert-OH is 1. The normalized spacial score (nSPS) is 15.4. The molecule has 1 aromatic heterocycles. The average molecular weight is 459 g/mol. The minimum Gasteiger partial charge on any atom is -0.386 e. The van der Waals surface area contributed by atoms with Crippen molar-refractivity contribution in [3.63, 3.8) is 0 Å². The highest BCUT2D eigenvalue weighted by Gasteiger charge is 2.28. The molecule has 1 aliphatic heterocycles. The maximum absolute atomic E-state index is 13.9. The third-order valence-corrected chi connectivity index (χ3v) is 6.80. The lowest BCUT2D eigenvalue weighted by Gasteiger charge is -2.29. The number of rotatable bonds is 10. The van der Waals surface area contributed by atoms with E-state index in [1.807, 2.05) is 0 Å². The second-order valence-electron chi connectivity index (χ2n) is 6.63. The fourth-order valence-electron chi connectivity index (χ4n) is 2.61. The summed E-state index contributed by atoms with van der Waals surface area (Å²) in [5.41, 5.74) is 0.516. The van der Waals surface area contributed by atoms with E-state index in [0.29, 0.717) is 25.1 Å². The van der Waals surface area contributed by atoms with Crippen LogP contribution in [0.2, 0.25) is 0 Å².